The second-order valence-corrected chi connectivity index (χ2v) is 5.60. The van der Waals surface area contributed by atoms with Gasteiger partial charge in [0, 0.05) is 37.9 Å². The number of allylic oxidation sites excluding steroid dienone is 2. The summed E-state index contributed by atoms with van der Waals surface area (Å²) >= 11 is 0. The average molecular weight is 265 g/mol. The molecule has 1 fully saturated rings. The number of hydrogen-bond acceptors (Lipinski definition) is 3. The van der Waals surface area contributed by atoms with Crippen molar-refractivity contribution in [2.75, 3.05) is 32.7 Å². The van der Waals surface area contributed by atoms with E-state index >= 15 is 0 Å². The van der Waals surface area contributed by atoms with Crippen molar-refractivity contribution in [2.24, 2.45) is 0 Å². The third-order valence-electron chi connectivity index (χ3n) is 4.21. The van der Waals surface area contributed by atoms with Gasteiger partial charge in [0.05, 0.1) is 6.54 Å². The standard InChI is InChI=1S/C15H27N3O/c1-3-18(14-7-5-4-6-8-14)15(19)12-17-10-9-16-11-13(17)2/h7,13,16H,3-6,8-12H2,1-2H3/t13-/m0/s1. The third kappa shape index (κ3) is 3.80. The number of piperazine rings is 1. The summed E-state index contributed by atoms with van der Waals surface area (Å²) in [5, 5.41) is 3.37. The minimum absolute atomic E-state index is 0.268. The van der Waals surface area contributed by atoms with Crippen LogP contribution < -0.4 is 5.32 Å². The first kappa shape index (κ1) is 14.5. The maximum absolute atomic E-state index is 12.5. The molecule has 108 valence electrons. The molecule has 4 heteroatoms. The number of amides is 1. The number of nitrogens with one attached hydrogen (secondary N) is 1. The monoisotopic (exact) mass is 265 g/mol. The molecule has 1 aliphatic heterocycles. The molecule has 0 unspecified atom stereocenters. The van der Waals surface area contributed by atoms with Crippen molar-refractivity contribution in [2.45, 2.75) is 45.6 Å². The fourth-order valence-electron chi connectivity index (χ4n) is 2.98. The Hall–Kier alpha value is -0.870. The summed E-state index contributed by atoms with van der Waals surface area (Å²) in [7, 11) is 0. The number of carbonyl (C=O) groups excluding carboxylic acids is 1. The first-order valence-electron chi connectivity index (χ1n) is 7.66. The van der Waals surface area contributed by atoms with E-state index in [1.807, 2.05) is 4.90 Å². The zero-order valence-electron chi connectivity index (χ0n) is 12.3. The van der Waals surface area contributed by atoms with Crippen LogP contribution in [0, 0.1) is 0 Å². The maximum atomic E-state index is 12.5. The van der Waals surface area contributed by atoms with Crippen molar-refractivity contribution < 1.29 is 4.79 Å². The molecule has 0 aromatic carbocycles. The third-order valence-corrected chi connectivity index (χ3v) is 4.21. The van der Waals surface area contributed by atoms with Crippen LogP contribution in [0.3, 0.4) is 0 Å². The minimum atomic E-state index is 0.268. The van der Waals surface area contributed by atoms with Crippen LogP contribution in [-0.4, -0.2) is 54.5 Å². The van der Waals surface area contributed by atoms with Gasteiger partial charge in [0.1, 0.15) is 0 Å². The summed E-state index contributed by atoms with van der Waals surface area (Å²) in [6.45, 7) is 8.58. The number of carbonyl (C=O) groups is 1. The smallest absolute Gasteiger partial charge is 0.240 e. The van der Waals surface area contributed by atoms with Crippen LogP contribution in [0.25, 0.3) is 0 Å². The van der Waals surface area contributed by atoms with E-state index in [2.05, 4.69) is 30.1 Å². The summed E-state index contributed by atoms with van der Waals surface area (Å²) < 4.78 is 0. The Morgan fingerprint density at radius 1 is 1.53 bits per heavy atom. The van der Waals surface area contributed by atoms with Crippen molar-refractivity contribution in [3.05, 3.63) is 11.8 Å². The lowest BCUT2D eigenvalue weighted by atomic mass is 10.0. The summed E-state index contributed by atoms with van der Waals surface area (Å²) in [6, 6.07) is 0.455. The molecule has 1 aliphatic carbocycles. The van der Waals surface area contributed by atoms with E-state index in [4.69, 9.17) is 0 Å². The fourth-order valence-corrected chi connectivity index (χ4v) is 2.98. The normalized spacial score (nSPS) is 24.9. The largest absolute Gasteiger partial charge is 0.316 e. The van der Waals surface area contributed by atoms with Gasteiger partial charge in [-0.25, -0.2) is 0 Å². The molecule has 4 nitrogen and oxygen atoms in total. The number of nitrogens with zero attached hydrogens (tertiary/aromatic N) is 2. The molecule has 0 aromatic heterocycles. The molecule has 0 saturated carbocycles. The Labute approximate surface area is 116 Å². The van der Waals surface area contributed by atoms with E-state index < -0.39 is 0 Å². The number of likely N-dealkylation sites (N-methyl/N-ethyl adjacent to an activating group) is 1. The van der Waals surface area contributed by atoms with E-state index in [0.29, 0.717) is 12.6 Å². The van der Waals surface area contributed by atoms with Crippen LogP contribution in [0.4, 0.5) is 0 Å². The van der Waals surface area contributed by atoms with Gasteiger partial charge in [-0.3, -0.25) is 9.69 Å². The molecule has 2 aliphatic rings. The fraction of sp³-hybridized carbons (Fsp3) is 0.800. The van der Waals surface area contributed by atoms with Crippen LogP contribution in [0.1, 0.15) is 39.5 Å². The zero-order valence-corrected chi connectivity index (χ0v) is 12.3. The predicted molar refractivity (Wildman–Crippen MR) is 77.8 cm³/mol. The molecule has 2 rings (SSSR count). The second kappa shape index (κ2) is 7.06. The Morgan fingerprint density at radius 2 is 2.37 bits per heavy atom. The van der Waals surface area contributed by atoms with Gasteiger partial charge in [-0.05, 0) is 39.5 Å². The SMILES string of the molecule is CCN(C(=O)CN1CCNC[C@@H]1C)C1=CCCCC1. The summed E-state index contributed by atoms with van der Waals surface area (Å²) in [5.74, 6) is 0.268. The highest BCUT2D eigenvalue weighted by Crippen LogP contribution is 2.21. The van der Waals surface area contributed by atoms with Gasteiger partial charge >= 0.3 is 0 Å². The van der Waals surface area contributed by atoms with Gasteiger partial charge in [-0.1, -0.05) is 6.08 Å². The molecular weight excluding hydrogens is 238 g/mol. The molecule has 1 N–H and O–H groups in total. The van der Waals surface area contributed by atoms with Gasteiger partial charge in [-0.2, -0.15) is 0 Å². The van der Waals surface area contributed by atoms with Crippen LogP contribution in [0.15, 0.2) is 11.8 Å². The highest BCUT2D eigenvalue weighted by Gasteiger charge is 2.24. The Bertz CT molecular complexity index is 340. The lowest BCUT2D eigenvalue weighted by Crippen LogP contribution is -2.53. The molecule has 0 spiro atoms. The van der Waals surface area contributed by atoms with Gasteiger partial charge < -0.3 is 10.2 Å². The number of rotatable bonds is 4. The van der Waals surface area contributed by atoms with Gasteiger partial charge in [0.25, 0.3) is 0 Å². The van der Waals surface area contributed by atoms with Crippen molar-refractivity contribution in [3.63, 3.8) is 0 Å². The van der Waals surface area contributed by atoms with Crippen LogP contribution >= 0.6 is 0 Å². The molecule has 19 heavy (non-hydrogen) atoms. The Kier molecular flexibility index (Phi) is 5.40. The second-order valence-electron chi connectivity index (χ2n) is 5.60. The molecule has 0 radical (unpaired) electrons. The van der Waals surface area contributed by atoms with E-state index in [9.17, 15) is 4.79 Å². The first-order valence-corrected chi connectivity index (χ1v) is 7.66. The topological polar surface area (TPSA) is 35.6 Å². The molecule has 0 aromatic rings. The molecule has 0 bridgehead atoms. The van der Waals surface area contributed by atoms with E-state index in [1.54, 1.807) is 0 Å². The van der Waals surface area contributed by atoms with Gasteiger partial charge in [0.15, 0.2) is 0 Å². The summed E-state index contributed by atoms with van der Waals surface area (Å²) in [5.41, 5.74) is 1.25. The average Bonchev–Trinajstić information content (AvgIpc) is 2.43. The highest BCUT2D eigenvalue weighted by molar-refractivity contribution is 5.80. The number of hydrogen-bond donors (Lipinski definition) is 1. The zero-order chi connectivity index (χ0) is 13.7. The van der Waals surface area contributed by atoms with Crippen LogP contribution in [0.5, 0.6) is 0 Å². The quantitative estimate of drug-likeness (QED) is 0.838. The maximum Gasteiger partial charge on any atom is 0.240 e. The van der Waals surface area contributed by atoms with Crippen LogP contribution in [-0.2, 0) is 4.79 Å². The van der Waals surface area contributed by atoms with Crippen molar-refractivity contribution in [1.29, 1.82) is 0 Å². The van der Waals surface area contributed by atoms with Gasteiger partial charge in [0.2, 0.25) is 5.91 Å². The molecule has 1 amide bonds. The summed E-state index contributed by atoms with van der Waals surface area (Å²) in [6.07, 6.45) is 6.94. The predicted octanol–water partition coefficient (Wildman–Crippen LogP) is 1.59. The van der Waals surface area contributed by atoms with Crippen molar-refractivity contribution >= 4 is 5.91 Å². The Morgan fingerprint density at radius 3 is 3.00 bits per heavy atom. The minimum Gasteiger partial charge on any atom is -0.316 e. The first-order chi connectivity index (χ1) is 9.22. The lowest BCUT2D eigenvalue weighted by Gasteiger charge is -2.35. The van der Waals surface area contributed by atoms with Crippen molar-refractivity contribution in [3.8, 4) is 0 Å². The molecule has 1 saturated heterocycles. The molecule has 1 atom stereocenters. The summed E-state index contributed by atoms with van der Waals surface area (Å²) in [4.78, 5) is 16.8. The van der Waals surface area contributed by atoms with Crippen molar-refractivity contribution in [1.82, 2.24) is 15.1 Å². The molecule has 1 heterocycles. The Balaban J connectivity index is 1.94. The van der Waals surface area contributed by atoms with E-state index in [0.717, 1.165) is 39.0 Å². The van der Waals surface area contributed by atoms with E-state index in [1.165, 1.54) is 18.5 Å². The van der Waals surface area contributed by atoms with Crippen LogP contribution in [0.2, 0.25) is 0 Å². The van der Waals surface area contributed by atoms with Gasteiger partial charge in [-0.15, -0.1) is 0 Å². The lowest BCUT2D eigenvalue weighted by molar-refractivity contribution is -0.131. The molecular formula is C15H27N3O. The highest BCUT2D eigenvalue weighted by atomic mass is 16.2. The van der Waals surface area contributed by atoms with E-state index in [-0.39, 0.29) is 5.91 Å².